The minimum atomic E-state index is -0.429. The number of fused-ring (bicyclic) bond motifs is 1. The lowest BCUT2D eigenvalue weighted by Crippen LogP contribution is -2.44. The van der Waals surface area contributed by atoms with Gasteiger partial charge >= 0.3 is 5.97 Å². The van der Waals surface area contributed by atoms with E-state index in [9.17, 15) is 4.79 Å². The quantitative estimate of drug-likeness (QED) is 0.269. The summed E-state index contributed by atoms with van der Waals surface area (Å²) in [7, 11) is 2.17. The van der Waals surface area contributed by atoms with Crippen molar-refractivity contribution in [1.82, 2.24) is 30.0 Å². The van der Waals surface area contributed by atoms with Gasteiger partial charge in [-0.25, -0.2) is 14.8 Å². The van der Waals surface area contributed by atoms with Gasteiger partial charge in [0.25, 0.3) is 0 Å². The average molecular weight is 553 g/mol. The van der Waals surface area contributed by atoms with E-state index in [0.717, 1.165) is 72.0 Å². The second-order valence-electron chi connectivity index (χ2n) is 9.24. The summed E-state index contributed by atoms with van der Waals surface area (Å²) in [5, 5.41) is 18.8. The van der Waals surface area contributed by atoms with E-state index in [1.165, 1.54) is 11.3 Å². The number of hydrogen-bond acceptors (Lipinski definition) is 12. The van der Waals surface area contributed by atoms with Crippen LogP contribution in [0.3, 0.4) is 0 Å². The fraction of sp³-hybridized carbons (Fsp3) is 0.423. The lowest BCUT2D eigenvalue weighted by molar-refractivity contribution is 0.0520. The summed E-state index contributed by atoms with van der Waals surface area (Å²) < 4.78 is 6.19. The lowest BCUT2D eigenvalue weighted by Gasteiger charge is -2.32. The molecule has 200 valence electrons. The average Bonchev–Trinajstić information content (AvgIpc) is 3.55. The number of esters is 1. The Balaban J connectivity index is 1.36. The molecule has 4 aromatic rings. The van der Waals surface area contributed by atoms with Gasteiger partial charge in [-0.15, -0.1) is 21.5 Å². The van der Waals surface area contributed by atoms with Crippen molar-refractivity contribution in [2.45, 2.75) is 26.7 Å². The molecule has 12 heteroatoms. The van der Waals surface area contributed by atoms with Crippen LogP contribution >= 0.6 is 22.7 Å². The normalized spacial score (nSPS) is 14.6. The molecular weight excluding hydrogens is 520 g/mol. The Morgan fingerprint density at radius 2 is 1.82 bits per heavy atom. The number of benzene rings is 1. The predicted molar refractivity (Wildman–Crippen MR) is 153 cm³/mol. The van der Waals surface area contributed by atoms with Gasteiger partial charge < -0.3 is 25.2 Å². The third-order valence-corrected chi connectivity index (χ3v) is 8.28. The molecule has 0 amide bonds. The number of nitrogens with zero attached hydrogens (tertiary/aromatic N) is 6. The number of hydrogen-bond donors (Lipinski definition) is 2. The van der Waals surface area contributed by atoms with Crippen molar-refractivity contribution >= 4 is 60.8 Å². The van der Waals surface area contributed by atoms with Crippen LogP contribution in [-0.4, -0.2) is 82.3 Å². The molecule has 0 radical (unpaired) electrons. The zero-order valence-electron chi connectivity index (χ0n) is 21.9. The number of thiazole rings is 2. The molecule has 38 heavy (non-hydrogen) atoms. The number of aromatic nitrogens is 4. The first-order valence-electron chi connectivity index (χ1n) is 12.8. The first-order chi connectivity index (χ1) is 18.5. The number of carbonyl (C=O) groups is 1. The molecule has 0 spiro atoms. The summed E-state index contributed by atoms with van der Waals surface area (Å²) in [5.41, 5.74) is 3.33. The van der Waals surface area contributed by atoms with E-state index in [-0.39, 0.29) is 5.69 Å². The van der Waals surface area contributed by atoms with E-state index < -0.39 is 5.97 Å². The van der Waals surface area contributed by atoms with Crippen LogP contribution in [0.4, 0.5) is 21.9 Å². The van der Waals surface area contributed by atoms with E-state index in [1.807, 2.05) is 18.2 Å². The number of piperazine rings is 1. The Morgan fingerprint density at radius 1 is 1.05 bits per heavy atom. The molecule has 0 saturated carbocycles. The second kappa shape index (κ2) is 12.1. The van der Waals surface area contributed by atoms with Crippen LogP contribution in [0.5, 0.6) is 0 Å². The monoisotopic (exact) mass is 552 g/mol. The molecule has 1 fully saturated rings. The Kier molecular flexibility index (Phi) is 8.42. The zero-order valence-corrected chi connectivity index (χ0v) is 23.5. The van der Waals surface area contributed by atoms with Gasteiger partial charge in [-0.2, -0.15) is 0 Å². The number of ether oxygens (including phenoxy) is 1. The molecule has 3 aromatic heterocycles. The standard InChI is InChI=1S/C26H32N8O2S2/c1-4-36-24(35)20-16-37-25(28-20)30-23-18(8-7-11-34-14-12-33(3)13-15-34)17(2)22(31-32-23)29-26-27-19-9-5-6-10-21(19)38-26/h5-6,9-10,16H,4,7-8,11-15H2,1-3H3,(H,27,29,31)(H,28,30,32). The SMILES string of the molecule is CCOC(=O)c1csc(Nc2nnc(Nc3nc4ccccc4s3)c(C)c2CCCN2CCN(C)CC2)n1. The molecule has 2 N–H and O–H groups in total. The third kappa shape index (κ3) is 6.26. The summed E-state index contributed by atoms with van der Waals surface area (Å²) >= 11 is 2.93. The molecule has 0 unspecified atom stereocenters. The smallest absolute Gasteiger partial charge is 0.357 e. The molecule has 5 rings (SSSR count). The number of nitrogens with one attached hydrogen (secondary N) is 2. The molecular formula is C26H32N8O2S2. The fourth-order valence-corrected chi connectivity index (χ4v) is 5.93. The Bertz CT molecular complexity index is 1360. The van der Waals surface area contributed by atoms with Gasteiger partial charge in [0, 0.05) is 42.7 Å². The summed E-state index contributed by atoms with van der Waals surface area (Å²) in [6, 6.07) is 8.07. The summed E-state index contributed by atoms with van der Waals surface area (Å²) in [6.07, 6.45) is 1.83. The van der Waals surface area contributed by atoms with Crippen LogP contribution < -0.4 is 10.6 Å². The molecule has 0 atom stereocenters. The minimum Gasteiger partial charge on any atom is -0.461 e. The number of likely N-dealkylation sites (N-methyl/N-ethyl adjacent to an activating group) is 1. The Hall–Kier alpha value is -3.19. The molecule has 1 saturated heterocycles. The Morgan fingerprint density at radius 3 is 2.61 bits per heavy atom. The molecule has 4 heterocycles. The predicted octanol–water partition coefficient (Wildman–Crippen LogP) is 4.70. The number of rotatable bonds is 10. The molecule has 0 bridgehead atoms. The van der Waals surface area contributed by atoms with Crippen LogP contribution in [0.15, 0.2) is 29.6 Å². The van der Waals surface area contributed by atoms with E-state index in [4.69, 9.17) is 9.72 Å². The van der Waals surface area contributed by atoms with Crippen molar-refractivity contribution in [3.63, 3.8) is 0 Å². The molecule has 1 aliphatic heterocycles. The molecule has 1 aromatic carbocycles. The van der Waals surface area contributed by atoms with E-state index in [2.05, 4.69) is 55.7 Å². The van der Waals surface area contributed by atoms with Crippen LogP contribution in [-0.2, 0) is 11.2 Å². The Labute approximate surface area is 230 Å². The van der Waals surface area contributed by atoms with Crippen molar-refractivity contribution in [3.05, 3.63) is 46.5 Å². The van der Waals surface area contributed by atoms with Gasteiger partial charge in [0.2, 0.25) is 0 Å². The number of anilines is 4. The van der Waals surface area contributed by atoms with Gasteiger partial charge in [-0.1, -0.05) is 23.5 Å². The van der Waals surface area contributed by atoms with Crippen LogP contribution in [0.1, 0.15) is 35.0 Å². The van der Waals surface area contributed by atoms with Gasteiger partial charge in [-0.05, 0) is 52.4 Å². The molecule has 10 nitrogen and oxygen atoms in total. The zero-order chi connectivity index (χ0) is 26.5. The van der Waals surface area contributed by atoms with Crippen LogP contribution in [0.2, 0.25) is 0 Å². The molecule has 1 aliphatic rings. The van der Waals surface area contributed by atoms with Crippen molar-refractivity contribution in [2.75, 3.05) is 57.0 Å². The van der Waals surface area contributed by atoms with Crippen LogP contribution in [0.25, 0.3) is 10.2 Å². The van der Waals surface area contributed by atoms with Gasteiger partial charge in [-0.3, -0.25) is 0 Å². The van der Waals surface area contributed by atoms with E-state index >= 15 is 0 Å². The number of para-hydroxylation sites is 1. The first kappa shape index (κ1) is 26.4. The highest BCUT2D eigenvalue weighted by molar-refractivity contribution is 7.22. The third-order valence-electron chi connectivity index (χ3n) is 6.57. The maximum absolute atomic E-state index is 12.1. The van der Waals surface area contributed by atoms with Crippen molar-refractivity contribution in [1.29, 1.82) is 0 Å². The van der Waals surface area contributed by atoms with Crippen molar-refractivity contribution in [2.24, 2.45) is 0 Å². The van der Waals surface area contributed by atoms with Gasteiger partial charge in [0.15, 0.2) is 27.6 Å². The van der Waals surface area contributed by atoms with Crippen molar-refractivity contribution in [3.8, 4) is 0 Å². The lowest BCUT2D eigenvalue weighted by atomic mass is 10.0. The molecule has 0 aliphatic carbocycles. The van der Waals surface area contributed by atoms with E-state index in [1.54, 1.807) is 23.6 Å². The van der Waals surface area contributed by atoms with E-state index in [0.29, 0.717) is 23.4 Å². The van der Waals surface area contributed by atoms with Gasteiger partial charge in [0.05, 0.1) is 16.8 Å². The fourth-order valence-electron chi connectivity index (χ4n) is 4.39. The van der Waals surface area contributed by atoms with Gasteiger partial charge in [0.1, 0.15) is 0 Å². The maximum atomic E-state index is 12.1. The summed E-state index contributed by atoms with van der Waals surface area (Å²) in [5.74, 6) is 0.915. The highest BCUT2D eigenvalue weighted by Gasteiger charge is 2.19. The second-order valence-corrected chi connectivity index (χ2v) is 11.1. The summed E-state index contributed by atoms with van der Waals surface area (Å²) in [4.78, 5) is 26.1. The number of carbonyl (C=O) groups excluding carboxylic acids is 1. The summed E-state index contributed by atoms with van der Waals surface area (Å²) in [6.45, 7) is 9.57. The highest BCUT2D eigenvalue weighted by Crippen LogP contribution is 2.32. The van der Waals surface area contributed by atoms with Crippen LogP contribution in [0, 0.1) is 6.92 Å². The minimum absolute atomic E-state index is 0.287. The highest BCUT2D eigenvalue weighted by atomic mass is 32.1. The van der Waals surface area contributed by atoms with Crippen molar-refractivity contribution < 1.29 is 9.53 Å². The maximum Gasteiger partial charge on any atom is 0.357 e. The largest absolute Gasteiger partial charge is 0.461 e. The first-order valence-corrected chi connectivity index (χ1v) is 14.5. The topological polar surface area (TPSA) is 108 Å².